The van der Waals surface area contributed by atoms with Crippen molar-refractivity contribution in [2.75, 3.05) is 21.3 Å². The molecule has 4 rings (SSSR count). The number of benzene rings is 2. The van der Waals surface area contributed by atoms with Crippen LogP contribution in [0.5, 0.6) is 23.0 Å². The van der Waals surface area contributed by atoms with Gasteiger partial charge in [0.05, 0.1) is 21.3 Å². The number of fused-ring (bicyclic) bond motifs is 1. The Morgan fingerprint density at radius 2 is 1.77 bits per heavy atom. The number of pyridine rings is 1. The molecule has 0 radical (unpaired) electrons. The lowest BCUT2D eigenvalue weighted by molar-refractivity contribution is 0.354. The van der Waals surface area contributed by atoms with E-state index in [1.54, 1.807) is 38.6 Å². The average molecular weight is 403 g/mol. The summed E-state index contributed by atoms with van der Waals surface area (Å²) in [4.78, 5) is 9.47. The summed E-state index contributed by atoms with van der Waals surface area (Å²) in [7, 11) is 4.70. The quantitative estimate of drug-likeness (QED) is 0.480. The highest BCUT2D eigenvalue weighted by Crippen LogP contribution is 2.36. The molecular weight excluding hydrogens is 382 g/mol. The molecule has 0 atom stereocenters. The molecule has 0 fully saturated rings. The number of hydrogen-bond acceptors (Lipinski definition) is 6. The number of aromatic nitrogens is 2. The van der Waals surface area contributed by atoms with E-state index in [0.29, 0.717) is 28.8 Å². The van der Waals surface area contributed by atoms with Crippen molar-refractivity contribution >= 4 is 17.7 Å². The smallest absolute Gasteiger partial charge is 0.169 e. The Bertz CT molecular complexity index is 1230. The van der Waals surface area contributed by atoms with Gasteiger partial charge in [0.1, 0.15) is 11.3 Å². The molecule has 0 saturated carbocycles. The van der Waals surface area contributed by atoms with Crippen LogP contribution in [-0.2, 0) is 0 Å². The van der Waals surface area contributed by atoms with Gasteiger partial charge in [-0.2, -0.15) is 0 Å². The van der Waals surface area contributed by atoms with Gasteiger partial charge in [-0.05, 0) is 42.5 Å². The fraction of sp³-hybridized carbons (Fsp3) is 0.130. The molecular formula is C23H21N3O4. The maximum atomic E-state index is 9.94. The topological polar surface area (TPSA) is 77.6 Å². The van der Waals surface area contributed by atoms with Crippen molar-refractivity contribution in [3.8, 4) is 34.3 Å². The Morgan fingerprint density at radius 1 is 0.933 bits per heavy atom. The van der Waals surface area contributed by atoms with Gasteiger partial charge in [0, 0.05) is 23.5 Å². The van der Waals surface area contributed by atoms with Crippen LogP contribution in [0.4, 0.5) is 5.82 Å². The van der Waals surface area contributed by atoms with Crippen LogP contribution in [0.1, 0.15) is 5.56 Å². The average Bonchev–Trinajstić information content (AvgIpc) is 3.16. The normalized spacial score (nSPS) is 11.2. The molecule has 7 nitrogen and oxygen atoms in total. The fourth-order valence-corrected chi connectivity index (χ4v) is 3.27. The molecule has 7 heteroatoms. The van der Waals surface area contributed by atoms with E-state index < -0.39 is 0 Å². The molecule has 0 saturated heterocycles. The predicted molar refractivity (Wildman–Crippen MR) is 116 cm³/mol. The van der Waals surface area contributed by atoms with Crippen LogP contribution in [-0.4, -0.2) is 42.0 Å². The number of phenols is 1. The molecule has 2 aromatic heterocycles. The summed E-state index contributed by atoms with van der Waals surface area (Å²) in [5, 5.41) is 9.94. The summed E-state index contributed by atoms with van der Waals surface area (Å²) >= 11 is 0. The predicted octanol–water partition coefficient (Wildman–Crippen LogP) is 4.48. The molecule has 2 aromatic carbocycles. The highest BCUT2D eigenvalue weighted by atomic mass is 16.5. The molecule has 0 amide bonds. The van der Waals surface area contributed by atoms with Crippen LogP contribution in [0.3, 0.4) is 0 Å². The molecule has 152 valence electrons. The second-order valence-electron chi connectivity index (χ2n) is 6.44. The van der Waals surface area contributed by atoms with E-state index in [1.807, 2.05) is 47.0 Å². The number of aromatic hydroxyl groups is 1. The van der Waals surface area contributed by atoms with Crippen LogP contribution >= 0.6 is 0 Å². The zero-order chi connectivity index (χ0) is 21.1. The maximum Gasteiger partial charge on any atom is 0.169 e. The summed E-state index contributed by atoms with van der Waals surface area (Å²) in [6, 6.07) is 16.5. The molecule has 1 N–H and O–H groups in total. The second-order valence-corrected chi connectivity index (χ2v) is 6.44. The van der Waals surface area contributed by atoms with E-state index in [-0.39, 0.29) is 5.75 Å². The zero-order valence-corrected chi connectivity index (χ0v) is 16.9. The van der Waals surface area contributed by atoms with Crippen LogP contribution in [0.15, 0.2) is 65.8 Å². The molecule has 30 heavy (non-hydrogen) atoms. The first-order chi connectivity index (χ1) is 14.7. The Balaban J connectivity index is 1.87. The highest BCUT2D eigenvalue weighted by Gasteiger charge is 2.16. The van der Waals surface area contributed by atoms with Crippen LogP contribution in [0.25, 0.3) is 16.9 Å². The number of hydrogen-bond donors (Lipinski definition) is 1. The third kappa shape index (κ3) is 3.41. The SMILES string of the molecule is COc1cc(-c2nc3ccccn3c2N=Cc2cccc(OC)c2OC)ccc1O. The molecule has 0 aliphatic heterocycles. The minimum absolute atomic E-state index is 0.0659. The van der Waals surface area contributed by atoms with Gasteiger partial charge < -0.3 is 19.3 Å². The summed E-state index contributed by atoms with van der Waals surface area (Å²) in [6.45, 7) is 0. The van der Waals surface area contributed by atoms with Gasteiger partial charge in [-0.3, -0.25) is 4.40 Å². The van der Waals surface area contributed by atoms with Gasteiger partial charge >= 0.3 is 0 Å². The molecule has 2 heterocycles. The van der Waals surface area contributed by atoms with Gasteiger partial charge in [-0.1, -0.05) is 12.1 Å². The summed E-state index contributed by atoms with van der Waals surface area (Å²) in [5.74, 6) is 2.31. The van der Waals surface area contributed by atoms with Crippen molar-refractivity contribution in [1.29, 1.82) is 0 Å². The van der Waals surface area contributed by atoms with Crippen molar-refractivity contribution in [2.24, 2.45) is 4.99 Å². The van der Waals surface area contributed by atoms with Gasteiger partial charge in [0.2, 0.25) is 0 Å². The maximum absolute atomic E-state index is 9.94. The van der Waals surface area contributed by atoms with Crippen molar-refractivity contribution in [3.63, 3.8) is 0 Å². The third-order valence-corrected chi connectivity index (χ3v) is 4.72. The van der Waals surface area contributed by atoms with Crippen LogP contribution in [0, 0.1) is 0 Å². The lowest BCUT2D eigenvalue weighted by Crippen LogP contribution is -1.95. The number of phenolic OH excluding ortho intramolecular Hbond substituents is 1. The molecule has 0 aliphatic carbocycles. The van der Waals surface area contributed by atoms with Gasteiger partial charge in [0.25, 0.3) is 0 Å². The van der Waals surface area contributed by atoms with E-state index >= 15 is 0 Å². The molecule has 4 aromatic rings. The van der Waals surface area contributed by atoms with E-state index in [9.17, 15) is 5.11 Å². The number of ether oxygens (including phenoxy) is 3. The summed E-state index contributed by atoms with van der Waals surface area (Å²) in [6.07, 6.45) is 3.62. The number of imidazole rings is 1. The van der Waals surface area contributed by atoms with Gasteiger partial charge in [0.15, 0.2) is 28.8 Å². The monoisotopic (exact) mass is 403 g/mol. The largest absolute Gasteiger partial charge is 0.504 e. The Kier molecular flexibility index (Phi) is 5.26. The Hall–Kier alpha value is -4.00. The van der Waals surface area contributed by atoms with Crippen molar-refractivity contribution in [3.05, 3.63) is 66.4 Å². The minimum atomic E-state index is 0.0659. The second kappa shape index (κ2) is 8.16. The minimum Gasteiger partial charge on any atom is -0.504 e. The molecule has 0 bridgehead atoms. The number of para-hydroxylation sites is 1. The number of methoxy groups -OCH3 is 3. The third-order valence-electron chi connectivity index (χ3n) is 4.72. The van der Waals surface area contributed by atoms with E-state index in [0.717, 1.165) is 16.8 Å². The first-order valence-electron chi connectivity index (χ1n) is 9.25. The van der Waals surface area contributed by atoms with Crippen molar-refractivity contribution in [2.45, 2.75) is 0 Å². The number of nitrogens with zero attached hydrogens (tertiary/aromatic N) is 3. The fourth-order valence-electron chi connectivity index (χ4n) is 3.27. The van der Waals surface area contributed by atoms with Crippen molar-refractivity contribution in [1.82, 2.24) is 9.38 Å². The van der Waals surface area contributed by atoms with Crippen LogP contribution in [0.2, 0.25) is 0 Å². The van der Waals surface area contributed by atoms with Crippen molar-refractivity contribution < 1.29 is 19.3 Å². The molecule has 0 aliphatic rings. The summed E-state index contributed by atoms with van der Waals surface area (Å²) in [5.41, 5.74) is 2.97. The first kappa shape index (κ1) is 19.3. The standard InChI is InChI=1S/C23H21N3O4/c1-28-18-8-6-7-16(22(18)30-3)14-24-23-21(25-20-9-4-5-12-26(20)23)15-10-11-17(27)19(13-15)29-2/h4-14,27H,1-3H3. The Labute approximate surface area is 173 Å². The van der Waals surface area contributed by atoms with E-state index in [1.165, 1.54) is 7.11 Å². The lowest BCUT2D eigenvalue weighted by Gasteiger charge is -2.09. The Morgan fingerprint density at radius 3 is 2.53 bits per heavy atom. The van der Waals surface area contributed by atoms with Gasteiger partial charge in [-0.15, -0.1) is 0 Å². The molecule has 0 unspecified atom stereocenters. The van der Waals surface area contributed by atoms with E-state index in [2.05, 4.69) is 0 Å². The zero-order valence-electron chi connectivity index (χ0n) is 16.9. The number of rotatable bonds is 6. The first-order valence-corrected chi connectivity index (χ1v) is 9.25. The molecule has 0 spiro atoms. The number of aliphatic imine (C=N–C) groups is 1. The highest BCUT2D eigenvalue weighted by molar-refractivity contribution is 5.89. The van der Waals surface area contributed by atoms with Gasteiger partial charge in [-0.25, -0.2) is 9.98 Å². The van der Waals surface area contributed by atoms with E-state index in [4.69, 9.17) is 24.2 Å². The lowest BCUT2D eigenvalue weighted by atomic mass is 10.1. The summed E-state index contributed by atoms with van der Waals surface area (Å²) < 4.78 is 18.0. The van der Waals surface area contributed by atoms with Crippen LogP contribution < -0.4 is 14.2 Å².